The Kier molecular flexibility index (Phi) is 15.8. The van der Waals surface area contributed by atoms with Crippen LogP contribution in [-0.2, 0) is 36.8 Å². The molecule has 300 valence electrons. The zero-order valence-electron chi connectivity index (χ0n) is 34.2. The van der Waals surface area contributed by atoms with Crippen molar-refractivity contribution >= 4 is 24.0 Å². The van der Waals surface area contributed by atoms with Crippen LogP contribution in [0.3, 0.4) is 0 Å². The van der Waals surface area contributed by atoms with Gasteiger partial charge in [-0.3, -0.25) is 20.0 Å². The van der Waals surface area contributed by atoms with Crippen molar-refractivity contribution in [2.45, 2.75) is 105 Å². The van der Waals surface area contributed by atoms with E-state index in [1.54, 1.807) is 39.1 Å². The van der Waals surface area contributed by atoms with Gasteiger partial charge in [-0.1, -0.05) is 102 Å². The first-order valence-corrected chi connectivity index (χ1v) is 18.5. The van der Waals surface area contributed by atoms with Gasteiger partial charge in [-0.25, -0.2) is 14.6 Å². The van der Waals surface area contributed by atoms with Gasteiger partial charge in [0.05, 0.1) is 24.9 Å². The number of hydrogen-bond donors (Lipinski definition) is 4. The molecule has 1 heterocycles. The van der Waals surface area contributed by atoms with Gasteiger partial charge in [0.15, 0.2) is 0 Å². The van der Waals surface area contributed by atoms with E-state index in [2.05, 4.69) is 26.4 Å². The van der Waals surface area contributed by atoms with Crippen LogP contribution in [0.1, 0.15) is 73.4 Å². The molecule has 0 unspecified atom stereocenters. The van der Waals surface area contributed by atoms with E-state index in [1.807, 2.05) is 114 Å². The standard InChI is InChI=1S/C42H60N6O7/c1-40(2,3)34(45-38(51)54-11)36(49)44-32(25-28-17-13-12-14-18-28)33(53-10)27-48(26-29-20-22-30(23-21-29)31-19-15-16-24-43-31)47-37(50)35(41(4,5)6)46-39(52)55-42(7,8)9/h12-24,32-35H,25-27H2,1-11H3,(H,44,49)(H,45,51)(H,46,52)(H,47,50)/t32-,33-,34+,35+/m0/s1. The van der Waals surface area contributed by atoms with Crippen LogP contribution in [0.15, 0.2) is 79.0 Å². The highest BCUT2D eigenvalue weighted by Gasteiger charge is 2.38. The fourth-order valence-corrected chi connectivity index (χ4v) is 5.85. The second-order valence-corrected chi connectivity index (χ2v) is 16.7. The van der Waals surface area contributed by atoms with E-state index in [4.69, 9.17) is 14.2 Å². The third-order valence-electron chi connectivity index (χ3n) is 8.70. The third kappa shape index (κ3) is 14.6. The molecule has 0 aliphatic heterocycles. The number of methoxy groups -OCH3 is 2. The number of rotatable bonds is 15. The van der Waals surface area contributed by atoms with E-state index in [0.29, 0.717) is 6.42 Å². The Morgan fingerprint density at radius 3 is 1.80 bits per heavy atom. The lowest BCUT2D eigenvalue weighted by Crippen LogP contribution is -2.61. The van der Waals surface area contributed by atoms with Gasteiger partial charge in [0, 0.05) is 32.0 Å². The van der Waals surface area contributed by atoms with Crippen molar-refractivity contribution in [3.05, 3.63) is 90.1 Å². The molecule has 0 saturated carbocycles. The summed E-state index contributed by atoms with van der Waals surface area (Å²) in [6.45, 7) is 16.7. The summed E-state index contributed by atoms with van der Waals surface area (Å²) in [7, 11) is 2.79. The Morgan fingerprint density at radius 2 is 1.27 bits per heavy atom. The molecule has 4 N–H and O–H groups in total. The Hall–Kier alpha value is -5.01. The number of amides is 4. The molecule has 0 aliphatic carbocycles. The molecule has 4 atom stereocenters. The van der Waals surface area contributed by atoms with Crippen molar-refractivity contribution in [2.75, 3.05) is 20.8 Å². The van der Waals surface area contributed by atoms with E-state index >= 15 is 0 Å². The minimum atomic E-state index is -0.978. The summed E-state index contributed by atoms with van der Waals surface area (Å²) >= 11 is 0. The topological polar surface area (TPSA) is 160 Å². The fraction of sp³-hybridized carbons (Fsp3) is 0.500. The normalized spacial score (nSPS) is 14.2. The van der Waals surface area contributed by atoms with Gasteiger partial charge in [-0.2, -0.15) is 0 Å². The Bertz CT molecular complexity index is 1680. The number of alkyl carbamates (subject to hydrolysis) is 2. The number of ether oxygens (including phenoxy) is 3. The SMILES string of the molecule is COC(=O)N[C@H](C(=O)N[C@@H](Cc1ccccc1)[C@H](CN(Cc1ccc(-c2ccccn2)cc1)NC(=O)[C@@H](NC(=O)OC(C)(C)C)C(C)(C)C)OC)C(C)(C)C. The van der Waals surface area contributed by atoms with Gasteiger partial charge in [0.2, 0.25) is 5.91 Å². The molecule has 0 saturated heterocycles. The van der Waals surface area contributed by atoms with Crippen LogP contribution in [-0.4, -0.2) is 84.6 Å². The summed E-state index contributed by atoms with van der Waals surface area (Å²) in [6.07, 6.45) is -0.000802. The first kappa shape index (κ1) is 44.4. The molecule has 13 heteroatoms. The summed E-state index contributed by atoms with van der Waals surface area (Å²) in [5.41, 5.74) is 4.50. The molecule has 3 aromatic rings. The molecule has 0 fully saturated rings. The zero-order valence-corrected chi connectivity index (χ0v) is 34.2. The smallest absolute Gasteiger partial charge is 0.408 e. The van der Waals surface area contributed by atoms with E-state index in [-0.39, 0.29) is 13.1 Å². The molecule has 55 heavy (non-hydrogen) atoms. The Morgan fingerprint density at radius 1 is 0.691 bits per heavy atom. The highest BCUT2D eigenvalue weighted by molar-refractivity contribution is 5.87. The molecule has 0 radical (unpaired) electrons. The van der Waals surface area contributed by atoms with Crippen LogP contribution in [0.25, 0.3) is 11.3 Å². The monoisotopic (exact) mass is 760 g/mol. The number of hydrogen-bond acceptors (Lipinski definition) is 9. The molecule has 0 spiro atoms. The lowest BCUT2D eigenvalue weighted by atomic mass is 9.85. The molecule has 4 amide bonds. The summed E-state index contributed by atoms with van der Waals surface area (Å²) in [6, 6.07) is 20.7. The van der Waals surface area contributed by atoms with E-state index in [9.17, 15) is 19.2 Å². The minimum absolute atomic E-state index is 0.121. The van der Waals surface area contributed by atoms with Crippen LogP contribution in [0.4, 0.5) is 9.59 Å². The molecular formula is C42H60N6O7. The predicted octanol–water partition coefficient (Wildman–Crippen LogP) is 6.03. The summed E-state index contributed by atoms with van der Waals surface area (Å²) in [4.78, 5) is 57.8. The zero-order chi connectivity index (χ0) is 41.0. The van der Waals surface area contributed by atoms with Crippen LogP contribution in [0, 0.1) is 10.8 Å². The Balaban J connectivity index is 2.01. The van der Waals surface area contributed by atoms with E-state index in [0.717, 1.165) is 22.4 Å². The molecule has 3 rings (SSSR count). The first-order valence-electron chi connectivity index (χ1n) is 18.5. The number of benzene rings is 2. The largest absolute Gasteiger partial charge is 0.453 e. The number of carbonyl (C=O) groups is 4. The number of nitrogens with one attached hydrogen (secondary N) is 4. The van der Waals surface area contributed by atoms with Gasteiger partial charge in [0.25, 0.3) is 5.91 Å². The highest BCUT2D eigenvalue weighted by Crippen LogP contribution is 2.23. The number of nitrogens with zero attached hydrogens (tertiary/aromatic N) is 2. The van der Waals surface area contributed by atoms with Crippen molar-refractivity contribution in [1.29, 1.82) is 0 Å². The van der Waals surface area contributed by atoms with Crippen molar-refractivity contribution in [3.63, 3.8) is 0 Å². The Labute approximate surface area is 326 Å². The molecule has 0 bridgehead atoms. The maximum absolute atomic E-state index is 14.2. The lowest BCUT2D eigenvalue weighted by molar-refractivity contribution is -0.133. The average Bonchev–Trinajstić information content (AvgIpc) is 3.10. The van der Waals surface area contributed by atoms with Crippen LogP contribution < -0.4 is 21.4 Å². The third-order valence-corrected chi connectivity index (χ3v) is 8.70. The van der Waals surface area contributed by atoms with Crippen LogP contribution >= 0.6 is 0 Å². The first-order chi connectivity index (χ1) is 25.7. The maximum Gasteiger partial charge on any atom is 0.408 e. The van der Waals surface area contributed by atoms with Gasteiger partial charge in [-0.05, 0) is 61.3 Å². The second-order valence-electron chi connectivity index (χ2n) is 16.7. The minimum Gasteiger partial charge on any atom is -0.453 e. The number of hydrazine groups is 1. The van der Waals surface area contributed by atoms with Crippen molar-refractivity contribution in [3.8, 4) is 11.3 Å². The van der Waals surface area contributed by atoms with Gasteiger partial charge >= 0.3 is 12.2 Å². The molecule has 0 aliphatic rings. The molecule has 2 aromatic carbocycles. The van der Waals surface area contributed by atoms with E-state index in [1.165, 1.54) is 7.11 Å². The lowest BCUT2D eigenvalue weighted by Gasteiger charge is -2.37. The average molecular weight is 761 g/mol. The molecular weight excluding hydrogens is 700 g/mol. The highest BCUT2D eigenvalue weighted by atomic mass is 16.6. The van der Waals surface area contributed by atoms with Crippen molar-refractivity contribution in [1.82, 2.24) is 31.4 Å². The second kappa shape index (κ2) is 19.5. The van der Waals surface area contributed by atoms with Crippen LogP contribution in [0.2, 0.25) is 0 Å². The molecule has 1 aromatic heterocycles. The maximum atomic E-state index is 14.2. The summed E-state index contributed by atoms with van der Waals surface area (Å²) in [5.74, 6) is -0.882. The number of carbonyl (C=O) groups excluding carboxylic acids is 4. The van der Waals surface area contributed by atoms with Gasteiger partial charge in [-0.15, -0.1) is 0 Å². The van der Waals surface area contributed by atoms with Crippen molar-refractivity contribution < 1.29 is 33.4 Å². The predicted molar refractivity (Wildman–Crippen MR) is 212 cm³/mol. The molecule has 13 nitrogen and oxygen atoms in total. The summed E-state index contributed by atoms with van der Waals surface area (Å²) in [5, 5.41) is 10.3. The van der Waals surface area contributed by atoms with E-state index < -0.39 is 64.7 Å². The van der Waals surface area contributed by atoms with Crippen molar-refractivity contribution in [2.24, 2.45) is 10.8 Å². The summed E-state index contributed by atoms with van der Waals surface area (Å²) < 4.78 is 16.4. The van der Waals surface area contributed by atoms with Crippen LogP contribution in [0.5, 0.6) is 0 Å². The van der Waals surface area contributed by atoms with Gasteiger partial charge in [0.1, 0.15) is 17.7 Å². The quantitative estimate of drug-likeness (QED) is 0.136. The van der Waals surface area contributed by atoms with Gasteiger partial charge < -0.3 is 30.2 Å². The fourth-order valence-electron chi connectivity index (χ4n) is 5.85. The number of pyridine rings is 1. The number of aromatic nitrogens is 1.